The Morgan fingerprint density at radius 2 is 1.43 bits per heavy atom. The van der Waals surface area contributed by atoms with E-state index in [1.54, 1.807) is 0 Å². The molecule has 5 heteroatoms. The van der Waals surface area contributed by atoms with E-state index < -0.39 is 6.04 Å². The maximum Gasteiger partial charge on any atom is 0.328 e. The molecule has 1 heterocycles. The van der Waals surface area contributed by atoms with Crippen molar-refractivity contribution in [3.8, 4) is 0 Å². The Morgan fingerprint density at radius 3 is 2.00 bits per heavy atom. The van der Waals surface area contributed by atoms with E-state index in [2.05, 4.69) is 9.80 Å². The smallest absolute Gasteiger partial charge is 0.328 e. The number of hydrogen-bond donors (Lipinski definition) is 0. The summed E-state index contributed by atoms with van der Waals surface area (Å²) in [6.07, 6.45) is 0. The van der Waals surface area contributed by atoms with E-state index in [9.17, 15) is 9.59 Å². The summed E-state index contributed by atoms with van der Waals surface area (Å²) in [4.78, 5) is 29.7. The molecule has 0 N–H and O–H groups in total. The molecular weight excluding hydrogens is 352 g/mol. The van der Waals surface area contributed by atoms with Crippen molar-refractivity contribution in [2.24, 2.45) is 0 Å². The molecule has 148 valence electrons. The van der Waals surface area contributed by atoms with Crippen LogP contribution >= 0.6 is 0 Å². The molecule has 1 fully saturated rings. The third-order valence-electron chi connectivity index (χ3n) is 5.32. The number of ketones is 1. The van der Waals surface area contributed by atoms with Crippen LogP contribution in [0.3, 0.4) is 0 Å². The average molecular weight is 380 g/mol. The van der Waals surface area contributed by atoms with Gasteiger partial charge >= 0.3 is 5.97 Å². The van der Waals surface area contributed by atoms with Crippen LogP contribution in [0.4, 0.5) is 0 Å². The Balaban J connectivity index is 1.67. The van der Waals surface area contributed by atoms with Crippen molar-refractivity contribution in [1.82, 2.24) is 9.80 Å². The van der Waals surface area contributed by atoms with E-state index in [1.165, 1.54) is 0 Å². The molecule has 2 aromatic carbocycles. The fourth-order valence-corrected chi connectivity index (χ4v) is 3.74. The van der Waals surface area contributed by atoms with Gasteiger partial charge < -0.3 is 4.74 Å². The van der Waals surface area contributed by atoms with Gasteiger partial charge in [-0.3, -0.25) is 14.6 Å². The van der Waals surface area contributed by atoms with Crippen LogP contribution in [0.2, 0.25) is 0 Å². The molecule has 1 saturated heterocycles. The van der Waals surface area contributed by atoms with E-state index >= 15 is 0 Å². The van der Waals surface area contributed by atoms with Crippen molar-refractivity contribution < 1.29 is 14.3 Å². The molecule has 0 aromatic heterocycles. The maximum atomic E-state index is 12.7. The molecule has 2 atom stereocenters. The molecular formula is C23H28N2O3. The lowest BCUT2D eigenvalue weighted by molar-refractivity contribution is -0.150. The highest BCUT2D eigenvalue weighted by Crippen LogP contribution is 2.24. The van der Waals surface area contributed by atoms with Gasteiger partial charge in [-0.15, -0.1) is 0 Å². The zero-order valence-electron chi connectivity index (χ0n) is 16.6. The Hall–Kier alpha value is -2.50. The van der Waals surface area contributed by atoms with Gasteiger partial charge in [-0.05, 0) is 19.4 Å². The number of nitrogens with zero attached hydrogens (tertiary/aromatic N) is 2. The number of ether oxygens (including phenoxy) is 1. The molecule has 0 spiro atoms. The second-order valence-electron chi connectivity index (χ2n) is 7.04. The van der Waals surface area contributed by atoms with Gasteiger partial charge in [0.1, 0.15) is 6.04 Å². The number of piperazine rings is 1. The van der Waals surface area contributed by atoms with Crippen LogP contribution in [0.1, 0.15) is 35.8 Å². The molecule has 0 bridgehead atoms. The van der Waals surface area contributed by atoms with Crippen molar-refractivity contribution in [1.29, 1.82) is 0 Å². The molecule has 0 aliphatic carbocycles. The highest BCUT2D eigenvalue weighted by molar-refractivity contribution is 5.99. The first-order valence-corrected chi connectivity index (χ1v) is 9.90. The number of benzene rings is 2. The highest BCUT2D eigenvalue weighted by atomic mass is 16.5. The van der Waals surface area contributed by atoms with E-state index in [1.807, 2.05) is 74.5 Å². The molecule has 0 radical (unpaired) electrons. The molecule has 0 amide bonds. The van der Waals surface area contributed by atoms with E-state index in [-0.39, 0.29) is 17.8 Å². The van der Waals surface area contributed by atoms with E-state index in [0.29, 0.717) is 19.7 Å². The van der Waals surface area contributed by atoms with Crippen LogP contribution in [0.25, 0.3) is 0 Å². The highest BCUT2D eigenvalue weighted by Gasteiger charge is 2.33. The first kappa shape index (κ1) is 20.2. The van der Waals surface area contributed by atoms with Crippen molar-refractivity contribution in [2.45, 2.75) is 25.9 Å². The zero-order chi connectivity index (χ0) is 19.9. The maximum absolute atomic E-state index is 12.7. The predicted molar refractivity (Wildman–Crippen MR) is 109 cm³/mol. The van der Waals surface area contributed by atoms with Gasteiger partial charge in [0.25, 0.3) is 0 Å². The standard InChI is InChI=1S/C23H28N2O3/c1-3-28-23(27)21(19-10-6-4-7-11-19)25-16-14-24(15-17-25)18(2)22(26)20-12-8-5-9-13-20/h4-13,18,21H,3,14-17H2,1-2H3. The second-order valence-corrected chi connectivity index (χ2v) is 7.04. The van der Waals surface area contributed by atoms with Crippen LogP contribution in [0.15, 0.2) is 60.7 Å². The summed E-state index contributed by atoms with van der Waals surface area (Å²) in [5.41, 5.74) is 1.69. The number of hydrogen-bond acceptors (Lipinski definition) is 5. The Morgan fingerprint density at radius 1 is 0.893 bits per heavy atom. The Labute approximate surface area is 166 Å². The molecule has 3 rings (SSSR count). The third kappa shape index (κ3) is 4.66. The number of rotatable bonds is 7. The lowest BCUT2D eigenvalue weighted by Gasteiger charge is -2.40. The van der Waals surface area contributed by atoms with Crippen molar-refractivity contribution in [2.75, 3.05) is 32.8 Å². The number of esters is 1. The number of carbonyl (C=O) groups excluding carboxylic acids is 2. The fraction of sp³-hybridized carbons (Fsp3) is 0.391. The largest absolute Gasteiger partial charge is 0.465 e. The minimum absolute atomic E-state index is 0.138. The summed E-state index contributed by atoms with van der Waals surface area (Å²) in [6.45, 7) is 7.06. The van der Waals surface area contributed by atoms with Gasteiger partial charge in [-0.25, -0.2) is 4.79 Å². The summed E-state index contributed by atoms with van der Waals surface area (Å²) in [5.74, 6) is -0.0744. The van der Waals surface area contributed by atoms with Crippen LogP contribution in [0.5, 0.6) is 0 Å². The molecule has 1 aliphatic heterocycles. The quantitative estimate of drug-likeness (QED) is 0.545. The van der Waals surface area contributed by atoms with Crippen LogP contribution < -0.4 is 0 Å². The summed E-state index contributed by atoms with van der Waals surface area (Å²) in [6, 6.07) is 18.6. The van der Waals surface area contributed by atoms with Crippen LogP contribution in [-0.4, -0.2) is 60.4 Å². The topological polar surface area (TPSA) is 49.9 Å². The predicted octanol–water partition coefficient (Wildman–Crippen LogP) is 3.18. The number of Topliss-reactive ketones (excluding diaryl/α,β-unsaturated/α-hetero) is 1. The van der Waals surface area contributed by atoms with E-state index in [0.717, 1.165) is 24.2 Å². The lowest BCUT2D eigenvalue weighted by atomic mass is 10.0. The van der Waals surface area contributed by atoms with Gasteiger partial charge in [0.05, 0.1) is 12.6 Å². The monoisotopic (exact) mass is 380 g/mol. The summed E-state index contributed by atoms with van der Waals surface area (Å²) < 4.78 is 5.33. The average Bonchev–Trinajstić information content (AvgIpc) is 2.75. The summed E-state index contributed by atoms with van der Waals surface area (Å²) in [5, 5.41) is 0. The first-order valence-electron chi connectivity index (χ1n) is 9.90. The van der Waals surface area contributed by atoms with Gasteiger partial charge in [-0.1, -0.05) is 60.7 Å². The second kappa shape index (κ2) is 9.62. The molecule has 1 aliphatic rings. The molecule has 0 saturated carbocycles. The minimum Gasteiger partial charge on any atom is -0.465 e. The van der Waals surface area contributed by atoms with Crippen molar-refractivity contribution >= 4 is 11.8 Å². The Kier molecular flexibility index (Phi) is 6.95. The van der Waals surface area contributed by atoms with Gasteiger partial charge in [0.15, 0.2) is 5.78 Å². The van der Waals surface area contributed by atoms with E-state index in [4.69, 9.17) is 4.74 Å². The fourth-order valence-electron chi connectivity index (χ4n) is 3.74. The van der Waals surface area contributed by atoms with Gasteiger partial charge in [-0.2, -0.15) is 0 Å². The minimum atomic E-state index is -0.400. The first-order chi connectivity index (χ1) is 13.6. The summed E-state index contributed by atoms with van der Waals surface area (Å²) in [7, 11) is 0. The zero-order valence-corrected chi connectivity index (χ0v) is 16.6. The SMILES string of the molecule is CCOC(=O)C(c1ccccc1)N1CCN(C(C)C(=O)c2ccccc2)CC1. The van der Waals surface area contributed by atoms with Gasteiger partial charge in [0, 0.05) is 31.7 Å². The van der Waals surface area contributed by atoms with Gasteiger partial charge in [0.2, 0.25) is 0 Å². The normalized spacial score (nSPS) is 17.6. The van der Waals surface area contributed by atoms with Crippen LogP contribution in [-0.2, 0) is 9.53 Å². The molecule has 28 heavy (non-hydrogen) atoms. The molecule has 2 aromatic rings. The summed E-state index contributed by atoms with van der Waals surface area (Å²) >= 11 is 0. The molecule has 2 unspecified atom stereocenters. The molecule has 5 nitrogen and oxygen atoms in total. The lowest BCUT2D eigenvalue weighted by Crippen LogP contribution is -2.53. The van der Waals surface area contributed by atoms with Crippen molar-refractivity contribution in [3.05, 3.63) is 71.8 Å². The van der Waals surface area contributed by atoms with Crippen LogP contribution in [0, 0.1) is 0 Å². The Bertz CT molecular complexity index is 771. The number of carbonyl (C=O) groups is 2. The van der Waals surface area contributed by atoms with Crippen molar-refractivity contribution in [3.63, 3.8) is 0 Å². The third-order valence-corrected chi connectivity index (χ3v) is 5.32.